The Hall–Kier alpha value is -0.850. The SMILES string of the molecule is CCCC1CCc2cnccc2C1. The monoisotopic (exact) mass is 175 g/mol. The lowest BCUT2D eigenvalue weighted by molar-refractivity contribution is 0.422. The summed E-state index contributed by atoms with van der Waals surface area (Å²) in [6.07, 6.45) is 10.6. The van der Waals surface area contributed by atoms with Gasteiger partial charge >= 0.3 is 0 Å². The molecule has 1 heteroatoms. The van der Waals surface area contributed by atoms with Crippen molar-refractivity contribution in [2.24, 2.45) is 5.92 Å². The van der Waals surface area contributed by atoms with E-state index in [-0.39, 0.29) is 0 Å². The molecule has 1 atom stereocenters. The van der Waals surface area contributed by atoms with Gasteiger partial charge in [-0.25, -0.2) is 0 Å². The van der Waals surface area contributed by atoms with Crippen LogP contribution in [0.5, 0.6) is 0 Å². The molecular formula is C12H17N. The Balaban J connectivity index is 2.11. The van der Waals surface area contributed by atoms with Crippen molar-refractivity contribution in [1.82, 2.24) is 4.98 Å². The summed E-state index contributed by atoms with van der Waals surface area (Å²) in [6.45, 7) is 2.28. The van der Waals surface area contributed by atoms with Crippen LogP contribution in [-0.2, 0) is 12.8 Å². The summed E-state index contributed by atoms with van der Waals surface area (Å²) in [6, 6.07) is 2.19. The van der Waals surface area contributed by atoms with Gasteiger partial charge in [-0.2, -0.15) is 0 Å². The van der Waals surface area contributed by atoms with E-state index in [0.717, 1.165) is 5.92 Å². The first-order valence-corrected chi connectivity index (χ1v) is 5.32. The highest BCUT2D eigenvalue weighted by Gasteiger charge is 2.17. The summed E-state index contributed by atoms with van der Waals surface area (Å²) in [5, 5.41) is 0. The van der Waals surface area contributed by atoms with Crippen molar-refractivity contribution in [2.75, 3.05) is 0 Å². The van der Waals surface area contributed by atoms with Crippen molar-refractivity contribution in [3.05, 3.63) is 29.6 Å². The van der Waals surface area contributed by atoms with Gasteiger partial charge in [-0.05, 0) is 42.4 Å². The molecule has 0 bridgehead atoms. The van der Waals surface area contributed by atoms with Crippen LogP contribution in [0.25, 0.3) is 0 Å². The van der Waals surface area contributed by atoms with Crippen LogP contribution in [-0.4, -0.2) is 4.98 Å². The predicted molar refractivity (Wildman–Crippen MR) is 54.7 cm³/mol. The first kappa shape index (κ1) is 8.74. The number of hydrogen-bond acceptors (Lipinski definition) is 1. The molecule has 1 aliphatic carbocycles. The van der Waals surface area contributed by atoms with Crippen molar-refractivity contribution in [1.29, 1.82) is 0 Å². The van der Waals surface area contributed by atoms with Crippen molar-refractivity contribution in [3.63, 3.8) is 0 Å². The van der Waals surface area contributed by atoms with Gasteiger partial charge in [-0.1, -0.05) is 19.8 Å². The standard InChI is InChI=1S/C12H17N/c1-2-3-10-4-5-12-9-13-7-6-11(12)8-10/h6-7,9-10H,2-5,8H2,1H3. The molecule has 0 aliphatic heterocycles. The minimum Gasteiger partial charge on any atom is -0.264 e. The maximum Gasteiger partial charge on any atom is 0.0302 e. The molecule has 0 N–H and O–H groups in total. The Morgan fingerprint density at radius 1 is 1.46 bits per heavy atom. The van der Waals surface area contributed by atoms with Crippen molar-refractivity contribution < 1.29 is 0 Å². The topological polar surface area (TPSA) is 12.9 Å². The molecule has 1 nitrogen and oxygen atoms in total. The van der Waals surface area contributed by atoms with Gasteiger partial charge in [0.05, 0.1) is 0 Å². The third-order valence-electron chi connectivity index (χ3n) is 3.03. The summed E-state index contributed by atoms with van der Waals surface area (Å²) < 4.78 is 0. The molecule has 13 heavy (non-hydrogen) atoms. The van der Waals surface area contributed by atoms with E-state index in [1.54, 1.807) is 5.56 Å². The summed E-state index contributed by atoms with van der Waals surface area (Å²) in [4.78, 5) is 4.17. The fourth-order valence-corrected chi connectivity index (χ4v) is 2.31. The molecule has 0 saturated carbocycles. The minimum absolute atomic E-state index is 0.930. The smallest absolute Gasteiger partial charge is 0.0302 e. The van der Waals surface area contributed by atoms with E-state index in [2.05, 4.69) is 18.0 Å². The number of aryl methyl sites for hydroxylation is 1. The highest BCUT2D eigenvalue weighted by atomic mass is 14.6. The van der Waals surface area contributed by atoms with E-state index >= 15 is 0 Å². The van der Waals surface area contributed by atoms with Crippen LogP contribution < -0.4 is 0 Å². The number of aromatic nitrogens is 1. The van der Waals surface area contributed by atoms with Gasteiger partial charge in [0.2, 0.25) is 0 Å². The van der Waals surface area contributed by atoms with E-state index < -0.39 is 0 Å². The van der Waals surface area contributed by atoms with Gasteiger partial charge in [-0.3, -0.25) is 4.98 Å². The van der Waals surface area contributed by atoms with Gasteiger partial charge in [0.25, 0.3) is 0 Å². The Morgan fingerprint density at radius 3 is 3.23 bits per heavy atom. The molecule has 1 aromatic rings. The number of rotatable bonds is 2. The number of fused-ring (bicyclic) bond motifs is 1. The first-order valence-electron chi connectivity index (χ1n) is 5.32. The summed E-state index contributed by atoms with van der Waals surface area (Å²) in [5.74, 6) is 0.930. The molecule has 0 aromatic carbocycles. The molecule has 0 radical (unpaired) electrons. The maximum atomic E-state index is 4.17. The zero-order valence-electron chi connectivity index (χ0n) is 8.29. The van der Waals surface area contributed by atoms with Gasteiger partial charge in [0.1, 0.15) is 0 Å². The van der Waals surface area contributed by atoms with Gasteiger partial charge < -0.3 is 0 Å². The van der Waals surface area contributed by atoms with E-state index in [9.17, 15) is 0 Å². The van der Waals surface area contributed by atoms with Crippen LogP contribution in [0.15, 0.2) is 18.5 Å². The van der Waals surface area contributed by atoms with Crippen LogP contribution in [0.1, 0.15) is 37.3 Å². The van der Waals surface area contributed by atoms with E-state index in [4.69, 9.17) is 0 Å². The van der Waals surface area contributed by atoms with Crippen LogP contribution in [0.3, 0.4) is 0 Å². The third kappa shape index (κ3) is 1.90. The molecule has 1 aromatic heterocycles. The zero-order chi connectivity index (χ0) is 9.10. The lowest BCUT2D eigenvalue weighted by Crippen LogP contribution is -2.14. The van der Waals surface area contributed by atoms with Crippen LogP contribution in [0.2, 0.25) is 0 Å². The van der Waals surface area contributed by atoms with Crippen molar-refractivity contribution in [3.8, 4) is 0 Å². The Labute approximate surface area is 80.2 Å². The maximum absolute atomic E-state index is 4.17. The fourth-order valence-electron chi connectivity index (χ4n) is 2.31. The molecular weight excluding hydrogens is 158 g/mol. The van der Waals surface area contributed by atoms with Gasteiger partial charge in [-0.15, -0.1) is 0 Å². The lowest BCUT2D eigenvalue weighted by Gasteiger charge is -2.23. The summed E-state index contributed by atoms with van der Waals surface area (Å²) in [7, 11) is 0. The third-order valence-corrected chi connectivity index (χ3v) is 3.03. The lowest BCUT2D eigenvalue weighted by atomic mass is 9.83. The molecule has 1 heterocycles. The molecule has 1 unspecified atom stereocenters. The highest BCUT2D eigenvalue weighted by Crippen LogP contribution is 2.27. The largest absolute Gasteiger partial charge is 0.264 e. The minimum atomic E-state index is 0.930. The van der Waals surface area contributed by atoms with Crippen LogP contribution in [0, 0.1) is 5.92 Å². The average molecular weight is 175 g/mol. The van der Waals surface area contributed by atoms with E-state index in [1.807, 2.05) is 12.4 Å². The Kier molecular flexibility index (Phi) is 2.62. The quantitative estimate of drug-likeness (QED) is 0.673. The molecule has 0 spiro atoms. The number of pyridine rings is 1. The van der Waals surface area contributed by atoms with Gasteiger partial charge in [0, 0.05) is 12.4 Å². The second-order valence-corrected chi connectivity index (χ2v) is 4.04. The Bertz CT molecular complexity index is 280. The fraction of sp³-hybridized carbons (Fsp3) is 0.583. The Morgan fingerprint density at radius 2 is 2.38 bits per heavy atom. The summed E-state index contributed by atoms with van der Waals surface area (Å²) >= 11 is 0. The number of nitrogens with zero attached hydrogens (tertiary/aromatic N) is 1. The van der Waals surface area contributed by atoms with E-state index in [0.29, 0.717) is 0 Å². The highest BCUT2D eigenvalue weighted by molar-refractivity contribution is 5.26. The van der Waals surface area contributed by atoms with Gasteiger partial charge in [0.15, 0.2) is 0 Å². The average Bonchev–Trinajstić information content (AvgIpc) is 2.18. The molecule has 70 valence electrons. The summed E-state index contributed by atoms with van der Waals surface area (Å²) in [5.41, 5.74) is 3.02. The predicted octanol–water partition coefficient (Wildman–Crippen LogP) is 2.99. The molecule has 0 fully saturated rings. The molecule has 1 aliphatic rings. The van der Waals surface area contributed by atoms with Crippen LogP contribution in [0.4, 0.5) is 0 Å². The zero-order valence-corrected chi connectivity index (χ0v) is 8.29. The molecule has 0 amide bonds. The second-order valence-electron chi connectivity index (χ2n) is 4.04. The van der Waals surface area contributed by atoms with Crippen molar-refractivity contribution >= 4 is 0 Å². The normalized spacial score (nSPS) is 21.2. The first-order chi connectivity index (χ1) is 6.40. The van der Waals surface area contributed by atoms with Crippen LogP contribution >= 0.6 is 0 Å². The number of hydrogen-bond donors (Lipinski definition) is 0. The van der Waals surface area contributed by atoms with E-state index in [1.165, 1.54) is 37.7 Å². The molecule has 2 rings (SSSR count). The van der Waals surface area contributed by atoms with Crippen molar-refractivity contribution in [2.45, 2.75) is 39.0 Å². The second kappa shape index (κ2) is 3.91. The molecule has 0 saturated heterocycles.